The number of carbonyl (C=O) groups is 1. The molecule has 1 aromatic carbocycles. The van der Waals surface area contributed by atoms with Crippen molar-refractivity contribution in [3.8, 4) is 0 Å². The monoisotopic (exact) mass is 325 g/mol. The number of hydrogen-bond donors (Lipinski definition) is 0. The summed E-state index contributed by atoms with van der Waals surface area (Å²) in [7, 11) is 0. The highest BCUT2D eigenvalue weighted by Crippen LogP contribution is 2.27. The molecule has 0 atom stereocenters. The largest absolute Gasteiger partial charge is 0.283 e. The van der Waals surface area contributed by atoms with Crippen molar-refractivity contribution in [2.75, 3.05) is 0 Å². The van der Waals surface area contributed by atoms with Gasteiger partial charge >= 0.3 is 0 Å². The molecule has 0 N–H and O–H groups in total. The Labute approximate surface area is 98.5 Å². The van der Waals surface area contributed by atoms with Crippen LogP contribution >= 0.6 is 34.2 Å². The lowest BCUT2D eigenvalue weighted by atomic mass is 10.1. The summed E-state index contributed by atoms with van der Waals surface area (Å²) in [6.07, 6.45) is 0. The number of hydrogen-bond acceptors (Lipinski definition) is 3. The van der Waals surface area contributed by atoms with E-state index < -0.39 is 10.2 Å². The summed E-state index contributed by atoms with van der Waals surface area (Å²) in [5.74, 6) is 0. The lowest BCUT2D eigenvalue weighted by Gasteiger charge is -2.01. The van der Waals surface area contributed by atoms with Crippen molar-refractivity contribution in [1.82, 2.24) is 0 Å². The van der Waals surface area contributed by atoms with Crippen LogP contribution in [0.5, 0.6) is 0 Å². The van der Waals surface area contributed by atoms with Gasteiger partial charge in [-0.15, -0.1) is 0 Å². The van der Waals surface area contributed by atoms with Gasteiger partial charge in [-0.2, -0.15) is 0 Å². The Morgan fingerprint density at radius 2 is 2.14 bits per heavy atom. The van der Waals surface area contributed by atoms with E-state index in [1.165, 1.54) is 12.1 Å². The summed E-state index contributed by atoms with van der Waals surface area (Å²) in [6, 6.07) is 2.94. The molecule has 0 bridgehead atoms. The SMILES string of the molecule is Cc1cc(C(=O)Cl)c(I)c([N+](=O)[O-])c1. The number of nitro groups is 1. The van der Waals surface area contributed by atoms with Crippen molar-refractivity contribution < 1.29 is 9.72 Å². The van der Waals surface area contributed by atoms with Crippen molar-refractivity contribution in [2.24, 2.45) is 0 Å². The number of rotatable bonds is 2. The van der Waals surface area contributed by atoms with Crippen LogP contribution in [0, 0.1) is 20.6 Å². The molecule has 0 aliphatic rings. The van der Waals surface area contributed by atoms with E-state index in [9.17, 15) is 14.9 Å². The molecule has 6 heteroatoms. The minimum Gasteiger partial charge on any atom is -0.276 e. The average Bonchev–Trinajstić information content (AvgIpc) is 2.07. The second-order valence-corrected chi connectivity index (χ2v) is 4.10. The van der Waals surface area contributed by atoms with E-state index in [2.05, 4.69) is 0 Å². The molecule has 1 aromatic rings. The van der Waals surface area contributed by atoms with Gasteiger partial charge in [0.1, 0.15) is 3.57 Å². The van der Waals surface area contributed by atoms with Crippen LogP contribution in [0.4, 0.5) is 5.69 Å². The first kappa shape index (κ1) is 11.4. The zero-order chi connectivity index (χ0) is 10.9. The summed E-state index contributed by atoms with van der Waals surface area (Å²) in [5, 5.41) is 9.92. The van der Waals surface area contributed by atoms with Crippen LogP contribution in [0.25, 0.3) is 0 Å². The van der Waals surface area contributed by atoms with Gasteiger partial charge in [-0.3, -0.25) is 14.9 Å². The number of nitrogens with zero attached hydrogens (tertiary/aromatic N) is 1. The Morgan fingerprint density at radius 1 is 1.57 bits per heavy atom. The van der Waals surface area contributed by atoms with Crippen molar-refractivity contribution in [3.05, 3.63) is 36.9 Å². The normalized spacial score (nSPS) is 9.93. The number of aryl methyl sites for hydroxylation is 1. The fourth-order valence-electron chi connectivity index (χ4n) is 1.03. The lowest BCUT2D eigenvalue weighted by molar-refractivity contribution is -0.385. The standard InChI is InChI=1S/C8H5ClINO3/c1-4-2-5(8(9)12)7(10)6(3-4)11(13)14/h2-3H,1H3. The first-order valence-electron chi connectivity index (χ1n) is 3.58. The van der Waals surface area contributed by atoms with Gasteiger partial charge in [-0.25, -0.2) is 0 Å². The molecule has 1 rings (SSSR count). The third kappa shape index (κ3) is 2.21. The van der Waals surface area contributed by atoms with Gasteiger partial charge in [-0.1, -0.05) is 0 Å². The van der Waals surface area contributed by atoms with E-state index >= 15 is 0 Å². The van der Waals surface area contributed by atoms with E-state index in [0.717, 1.165) is 0 Å². The molecule has 0 aromatic heterocycles. The fourth-order valence-corrected chi connectivity index (χ4v) is 2.09. The molecule has 0 spiro atoms. The van der Waals surface area contributed by atoms with Gasteiger partial charge in [0.15, 0.2) is 0 Å². The molecule has 0 saturated carbocycles. The Balaban J connectivity index is 3.47. The molecule has 0 amide bonds. The Hall–Kier alpha value is -0.690. The third-order valence-electron chi connectivity index (χ3n) is 1.61. The fraction of sp³-hybridized carbons (Fsp3) is 0.125. The van der Waals surface area contributed by atoms with Gasteiger partial charge in [0.2, 0.25) is 0 Å². The van der Waals surface area contributed by atoms with Crippen LogP contribution < -0.4 is 0 Å². The van der Waals surface area contributed by atoms with E-state index in [1.54, 1.807) is 29.5 Å². The maximum Gasteiger partial charge on any atom is 0.283 e. The highest BCUT2D eigenvalue weighted by molar-refractivity contribution is 14.1. The Kier molecular flexibility index (Phi) is 3.43. The third-order valence-corrected chi connectivity index (χ3v) is 2.94. The molecular weight excluding hydrogens is 320 g/mol. The van der Waals surface area contributed by atoms with Gasteiger partial charge in [0, 0.05) is 6.07 Å². The molecule has 0 heterocycles. The average molecular weight is 325 g/mol. The summed E-state index contributed by atoms with van der Waals surface area (Å²) in [6.45, 7) is 1.67. The van der Waals surface area contributed by atoms with Gasteiger partial charge in [0.05, 0.1) is 10.5 Å². The van der Waals surface area contributed by atoms with Crippen molar-refractivity contribution >= 4 is 45.1 Å². The lowest BCUT2D eigenvalue weighted by Crippen LogP contribution is -2.00. The summed E-state index contributed by atoms with van der Waals surface area (Å²) < 4.78 is 0.276. The number of carbonyl (C=O) groups excluding carboxylic acids is 1. The quantitative estimate of drug-likeness (QED) is 0.363. The second kappa shape index (κ2) is 4.22. The second-order valence-electron chi connectivity index (χ2n) is 2.68. The van der Waals surface area contributed by atoms with Gasteiger partial charge in [0.25, 0.3) is 10.9 Å². The summed E-state index contributed by atoms with van der Waals surface area (Å²) in [4.78, 5) is 21.0. The molecule has 0 radical (unpaired) electrons. The smallest absolute Gasteiger partial charge is 0.276 e. The number of benzene rings is 1. The van der Waals surface area contributed by atoms with Crippen LogP contribution in [0.1, 0.15) is 15.9 Å². The Bertz CT molecular complexity index is 384. The van der Waals surface area contributed by atoms with Crippen LogP contribution in [0.15, 0.2) is 12.1 Å². The van der Waals surface area contributed by atoms with E-state index in [1.807, 2.05) is 0 Å². The zero-order valence-electron chi connectivity index (χ0n) is 7.08. The minimum atomic E-state index is -0.679. The van der Waals surface area contributed by atoms with Gasteiger partial charge in [-0.05, 0) is 52.7 Å². The molecule has 4 nitrogen and oxygen atoms in total. The first-order chi connectivity index (χ1) is 6.43. The Morgan fingerprint density at radius 3 is 2.57 bits per heavy atom. The van der Waals surface area contributed by atoms with Gasteiger partial charge < -0.3 is 0 Å². The molecule has 0 saturated heterocycles. The maximum atomic E-state index is 10.9. The topological polar surface area (TPSA) is 60.2 Å². The maximum absolute atomic E-state index is 10.9. The van der Waals surface area contributed by atoms with E-state index in [-0.39, 0.29) is 14.8 Å². The summed E-state index contributed by atoms with van der Waals surface area (Å²) in [5.41, 5.74) is 0.731. The highest BCUT2D eigenvalue weighted by Gasteiger charge is 2.19. The van der Waals surface area contributed by atoms with Crippen LogP contribution in [0.2, 0.25) is 0 Å². The minimum absolute atomic E-state index is 0.0883. The molecule has 0 aliphatic carbocycles. The number of nitro benzene ring substituents is 1. The predicted octanol–water partition coefficient (Wildman–Crippen LogP) is 2.89. The van der Waals surface area contributed by atoms with E-state index in [0.29, 0.717) is 5.56 Å². The predicted molar refractivity (Wildman–Crippen MR) is 60.7 cm³/mol. The number of halogens is 2. The molecule has 0 unspecified atom stereocenters. The van der Waals surface area contributed by atoms with Crippen molar-refractivity contribution in [1.29, 1.82) is 0 Å². The molecule has 74 valence electrons. The van der Waals surface area contributed by atoms with Crippen LogP contribution in [-0.4, -0.2) is 10.2 Å². The van der Waals surface area contributed by atoms with Crippen LogP contribution in [-0.2, 0) is 0 Å². The molecule has 0 fully saturated rings. The molecular formula is C8H5ClINO3. The summed E-state index contributed by atoms with van der Waals surface area (Å²) >= 11 is 7.03. The first-order valence-corrected chi connectivity index (χ1v) is 5.03. The molecule has 14 heavy (non-hydrogen) atoms. The van der Waals surface area contributed by atoms with Crippen molar-refractivity contribution in [2.45, 2.75) is 6.92 Å². The van der Waals surface area contributed by atoms with Crippen molar-refractivity contribution in [3.63, 3.8) is 0 Å². The highest BCUT2D eigenvalue weighted by atomic mass is 127. The molecule has 0 aliphatic heterocycles. The van der Waals surface area contributed by atoms with E-state index in [4.69, 9.17) is 11.6 Å². The zero-order valence-corrected chi connectivity index (χ0v) is 10.00. The van der Waals surface area contributed by atoms with Crippen LogP contribution in [0.3, 0.4) is 0 Å².